The maximum atomic E-state index is 11.3. The lowest BCUT2D eigenvalue weighted by molar-refractivity contribution is -0.121. The summed E-state index contributed by atoms with van der Waals surface area (Å²) in [5, 5.41) is 6.22. The Morgan fingerprint density at radius 1 is 0.783 bits per heavy atom. The van der Waals surface area contributed by atoms with Crippen LogP contribution < -0.4 is 10.6 Å². The van der Waals surface area contributed by atoms with Crippen LogP contribution in [0.15, 0.2) is 0 Å². The normalized spacial score (nSPS) is 37.9. The van der Waals surface area contributed by atoms with Gasteiger partial charge < -0.3 is 10.6 Å². The average molecular weight is 322 g/mol. The van der Waals surface area contributed by atoms with Crippen LogP contribution in [0.5, 0.6) is 0 Å². The van der Waals surface area contributed by atoms with E-state index in [0.29, 0.717) is 23.9 Å². The molecule has 4 nitrogen and oxygen atoms in total. The standard InChI is InChI=1S/C19H34N2O2/c1-12-9-16(5-7-18(12)20-14(3)22)11-17-6-8-19(13(2)10-17)21-15(4)23/h12-13,16-19H,5-11H2,1-4H3,(H,20,22)(H,21,23). The highest BCUT2D eigenvalue weighted by atomic mass is 16.2. The third-order valence-electron chi connectivity index (χ3n) is 6.00. The van der Waals surface area contributed by atoms with Crippen molar-refractivity contribution in [2.24, 2.45) is 23.7 Å². The Balaban J connectivity index is 1.76. The topological polar surface area (TPSA) is 58.2 Å². The highest BCUT2D eigenvalue weighted by Crippen LogP contribution is 2.38. The number of carbonyl (C=O) groups excluding carboxylic acids is 2. The Hall–Kier alpha value is -1.06. The van der Waals surface area contributed by atoms with Crippen molar-refractivity contribution in [3.8, 4) is 0 Å². The van der Waals surface area contributed by atoms with Crippen LogP contribution in [0.4, 0.5) is 0 Å². The summed E-state index contributed by atoms with van der Waals surface area (Å²) >= 11 is 0. The number of rotatable bonds is 4. The molecule has 2 rings (SSSR count). The van der Waals surface area contributed by atoms with Crippen LogP contribution in [0, 0.1) is 23.7 Å². The van der Waals surface area contributed by atoms with E-state index < -0.39 is 0 Å². The van der Waals surface area contributed by atoms with Crippen LogP contribution in [0.25, 0.3) is 0 Å². The Morgan fingerprint density at radius 3 is 1.48 bits per heavy atom. The fourth-order valence-electron chi connectivity index (χ4n) is 4.87. The van der Waals surface area contributed by atoms with Crippen molar-refractivity contribution in [1.82, 2.24) is 10.6 Å². The number of carbonyl (C=O) groups is 2. The van der Waals surface area contributed by atoms with E-state index in [-0.39, 0.29) is 11.8 Å². The molecule has 2 saturated carbocycles. The number of hydrogen-bond donors (Lipinski definition) is 2. The lowest BCUT2D eigenvalue weighted by atomic mass is 9.70. The minimum absolute atomic E-state index is 0.102. The first-order valence-electron chi connectivity index (χ1n) is 9.39. The van der Waals surface area contributed by atoms with Gasteiger partial charge in [0.05, 0.1) is 0 Å². The van der Waals surface area contributed by atoms with Crippen LogP contribution >= 0.6 is 0 Å². The van der Waals surface area contributed by atoms with Crippen LogP contribution in [0.2, 0.25) is 0 Å². The monoisotopic (exact) mass is 322 g/mol. The summed E-state index contributed by atoms with van der Waals surface area (Å²) in [4.78, 5) is 22.5. The minimum atomic E-state index is 0.102. The quantitative estimate of drug-likeness (QED) is 0.834. The molecule has 2 aliphatic rings. The van der Waals surface area contributed by atoms with E-state index in [1.54, 1.807) is 13.8 Å². The summed E-state index contributed by atoms with van der Waals surface area (Å²) in [6, 6.07) is 0.747. The second kappa shape index (κ2) is 8.16. The predicted octanol–water partition coefficient (Wildman–Crippen LogP) is 3.26. The zero-order valence-corrected chi connectivity index (χ0v) is 15.2. The Labute approximate surface area is 141 Å². The summed E-state index contributed by atoms with van der Waals surface area (Å²) < 4.78 is 0. The molecule has 23 heavy (non-hydrogen) atoms. The third-order valence-corrected chi connectivity index (χ3v) is 6.00. The summed E-state index contributed by atoms with van der Waals surface area (Å²) in [5.41, 5.74) is 0. The molecule has 0 spiro atoms. The molecule has 0 aromatic rings. The first-order chi connectivity index (χ1) is 10.8. The molecule has 0 aromatic carbocycles. The molecule has 0 aromatic heterocycles. The predicted molar refractivity (Wildman–Crippen MR) is 92.8 cm³/mol. The van der Waals surface area contributed by atoms with E-state index in [2.05, 4.69) is 24.5 Å². The zero-order valence-electron chi connectivity index (χ0n) is 15.2. The van der Waals surface area contributed by atoms with Gasteiger partial charge in [0, 0.05) is 25.9 Å². The van der Waals surface area contributed by atoms with E-state index in [4.69, 9.17) is 0 Å². The molecule has 2 aliphatic carbocycles. The first-order valence-corrected chi connectivity index (χ1v) is 9.39. The van der Waals surface area contributed by atoms with Gasteiger partial charge in [-0.15, -0.1) is 0 Å². The maximum Gasteiger partial charge on any atom is 0.217 e. The van der Waals surface area contributed by atoms with Crippen molar-refractivity contribution in [3.05, 3.63) is 0 Å². The molecule has 0 radical (unpaired) electrons. The molecule has 2 fully saturated rings. The Morgan fingerprint density at radius 2 is 1.17 bits per heavy atom. The fourth-order valence-corrected chi connectivity index (χ4v) is 4.87. The van der Waals surface area contributed by atoms with Gasteiger partial charge in [-0.25, -0.2) is 0 Å². The van der Waals surface area contributed by atoms with Gasteiger partial charge in [0.1, 0.15) is 0 Å². The smallest absolute Gasteiger partial charge is 0.217 e. The molecular weight excluding hydrogens is 288 g/mol. The zero-order chi connectivity index (χ0) is 17.0. The number of amides is 2. The van der Waals surface area contributed by atoms with Crippen LogP contribution in [0.3, 0.4) is 0 Å². The SMILES string of the molecule is CC(=O)NC1CCC(CC2CCC(NC(C)=O)C(C)C2)CC1C. The fraction of sp³-hybridized carbons (Fsp3) is 0.895. The summed E-state index contributed by atoms with van der Waals surface area (Å²) in [5.74, 6) is 3.00. The molecule has 2 N–H and O–H groups in total. The van der Waals surface area contributed by atoms with Gasteiger partial charge in [-0.2, -0.15) is 0 Å². The summed E-state index contributed by atoms with van der Waals surface area (Å²) in [7, 11) is 0. The first kappa shape index (κ1) is 18.3. The number of hydrogen-bond acceptors (Lipinski definition) is 2. The van der Waals surface area contributed by atoms with Crippen molar-refractivity contribution in [2.75, 3.05) is 0 Å². The van der Waals surface area contributed by atoms with Gasteiger partial charge in [-0.05, 0) is 68.6 Å². The van der Waals surface area contributed by atoms with Crippen molar-refractivity contribution in [1.29, 1.82) is 0 Å². The van der Waals surface area contributed by atoms with Gasteiger partial charge in [-0.1, -0.05) is 13.8 Å². The van der Waals surface area contributed by atoms with Crippen LogP contribution in [-0.2, 0) is 9.59 Å². The highest BCUT2D eigenvalue weighted by Gasteiger charge is 2.33. The van der Waals surface area contributed by atoms with E-state index in [1.807, 2.05) is 0 Å². The largest absolute Gasteiger partial charge is 0.353 e. The molecule has 4 heteroatoms. The van der Waals surface area contributed by atoms with Crippen LogP contribution in [0.1, 0.15) is 72.6 Å². The third kappa shape index (κ3) is 5.50. The van der Waals surface area contributed by atoms with Crippen molar-refractivity contribution < 1.29 is 9.59 Å². The second-order valence-electron chi connectivity index (χ2n) is 8.16. The van der Waals surface area contributed by atoms with Gasteiger partial charge in [0.25, 0.3) is 0 Å². The van der Waals surface area contributed by atoms with Crippen molar-refractivity contribution in [2.45, 2.75) is 84.7 Å². The van der Waals surface area contributed by atoms with Gasteiger partial charge >= 0.3 is 0 Å². The highest BCUT2D eigenvalue weighted by molar-refractivity contribution is 5.73. The van der Waals surface area contributed by atoms with E-state index in [9.17, 15) is 9.59 Å². The molecule has 6 atom stereocenters. The lowest BCUT2D eigenvalue weighted by Crippen LogP contribution is -2.43. The average Bonchev–Trinajstić information content (AvgIpc) is 2.44. The van der Waals surface area contributed by atoms with Gasteiger partial charge in [0.2, 0.25) is 11.8 Å². The lowest BCUT2D eigenvalue weighted by Gasteiger charge is -2.39. The Kier molecular flexibility index (Phi) is 6.49. The maximum absolute atomic E-state index is 11.3. The number of nitrogens with one attached hydrogen (secondary N) is 2. The molecule has 0 heterocycles. The molecule has 0 saturated heterocycles. The molecule has 0 bridgehead atoms. The van der Waals surface area contributed by atoms with Crippen LogP contribution in [-0.4, -0.2) is 23.9 Å². The van der Waals surface area contributed by atoms with E-state index >= 15 is 0 Å². The molecule has 132 valence electrons. The molecule has 6 unspecified atom stereocenters. The van der Waals surface area contributed by atoms with Gasteiger partial charge in [0.15, 0.2) is 0 Å². The minimum Gasteiger partial charge on any atom is -0.353 e. The van der Waals surface area contributed by atoms with E-state index in [0.717, 1.165) is 24.7 Å². The van der Waals surface area contributed by atoms with Gasteiger partial charge in [-0.3, -0.25) is 9.59 Å². The molecule has 0 aliphatic heterocycles. The Bertz CT molecular complexity index is 386. The summed E-state index contributed by atoms with van der Waals surface area (Å²) in [6.07, 6.45) is 8.55. The molecular formula is C19H34N2O2. The molecule has 2 amide bonds. The van der Waals surface area contributed by atoms with E-state index in [1.165, 1.54) is 32.1 Å². The van der Waals surface area contributed by atoms with Crippen molar-refractivity contribution in [3.63, 3.8) is 0 Å². The van der Waals surface area contributed by atoms with Crippen molar-refractivity contribution >= 4 is 11.8 Å². The second-order valence-corrected chi connectivity index (χ2v) is 8.16. The summed E-state index contributed by atoms with van der Waals surface area (Å²) in [6.45, 7) is 7.80.